The number of hydrogen-bond acceptors (Lipinski definition) is 2. The lowest BCUT2D eigenvalue weighted by Crippen LogP contribution is -2.29. The third kappa shape index (κ3) is 2.96. The Bertz CT molecular complexity index is 472. The summed E-state index contributed by atoms with van der Waals surface area (Å²) in [7, 11) is 0. The van der Waals surface area contributed by atoms with Crippen LogP contribution in [-0.4, -0.2) is 15.6 Å². The summed E-state index contributed by atoms with van der Waals surface area (Å²) < 4.78 is 1.68. The maximum absolute atomic E-state index is 12.2. The molecule has 0 fully saturated rings. The van der Waals surface area contributed by atoms with Gasteiger partial charge in [-0.25, -0.2) is 0 Å². The molecule has 1 rings (SSSR count). The predicted molar refractivity (Wildman–Crippen MR) is 66.5 cm³/mol. The summed E-state index contributed by atoms with van der Waals surface area (Å²) in [5.41, 5.74) is 1.10. The smallest absolute Gasteiger partial charge is 0.308 e. The molecule has 17 heavy (non-hydrogen) atoms. The predicted octanol–water partition coefficient (Wildman–Crippen LogP) is 2.18. The van der Waals surface area contributed by atoms with E-state index >= 15 is 0 Å². The van der Waals surface area contributed by atoms with Gasteiger partial charge in [-0.3, -0.25) is 9.59 Å². The van der Waals surface area contributed by atoms with Gasteiger partial charge < -0.3 is 9.67 Å². The van der Waals surface area contributed by atoms with Crippen LogP contribution in [0.1, 0.15) is 50.9 Å². The van der Waals surface area contributed by atoms with Gasteiger partial charge in [-0.15, -0.1) is 0 Å². The Labute approximate surface area is 101 Å². The molecule has 4 nitrogen and oxygen atoms in total. The summed E-state index contributed by atoms with van der Waals surface area (Å²) >= 11 is 0. The van der Waals surface area contributed by atoms with Crippen molar-refractivity contribution in [1.29, 1.82) is 0 Å². The quantitative estimate of drug-likeness (QED) is 0.873. The van der Waals surface area contributed by atoms with Crippen LogP contribution in [0.5, 0.6) is 0 Å². The number of carboxylic acid groups (broad SMARTS) is 1. The maximum Gasteiger partial charge on any atom is 0.308 e. The minimum Gasteiger partial charge on any atom is -0.481 e. The molecule has 0 amide bonds. The van der Waals surface area contributed by atoms with Crippen LogP contribution in [0, 0.1) is 0 Å². The fourth-order valence-electron chi connectivity index (χ4n) is 1.91. The molecule has 1 aromatic heterocycles. The summed E-state index contributed by atoms with van der Waals surface area (Å²) in [6.45, 7) is 7.89. The highest BCUT2D eigenvalue weighted by atomic mass is 16.4. The Morgan fingerprint density at radius 3 is 2.29 bits per heavy atom. The fraction of sp³-hybridized carbons (Fsp3) is 0.538. The number of aromatic nitrogens is 1. The summed E-state index contributed by atoms with van der Waals surface area (Å²) in [6.07, 6.45) is -0.218. The fourth-order valence-corrected chi connectivity index (χ4v) is 1.91. The van der Waals surface area contributed by atoms with E-state index in [9.17, 15) is 9.59 Å². The van der Waals surface area contributed by atoms with Crippen LogP contribution >= 0.6 is 0 Å². The number of rotatable bonds is 4. The first-order valence-corrected chi connectivity index (χ1v) is 5.80. The molecule has 1 aromatic rings. The number of nitrogens with zero attached hydrogens (tertiary/aromatic N) is 1. The normalized spacial score (nSPS) is 11.2. The third-order valence-corrected chi connectivity index (χ3v) is 2.68. The second-order valence-electron chi connectivity index (χ2n) is 4.78. The molecule has 4 heteroatoms. The first-order valence-electron chi connectivity index (χ1n) is 5.80. The monoisotopic (exact) mass is 237 g/mol. The molecule has 0 unspecified atom stereocenters. The van der Waals surface area contributed by atoms with Crippen LogP contribution in [-0.2, 0) is 11.2 Å². The van der Waals surface area contributed by atoms with Gasteiger partial charge in [0.2, 0.25) is 0 Å². The van der Waals surface area contributed by atoms with Crippen LogP contribution in [0.15, 0.2) is 16.9 Å². The molecule has 0 spiro atoms. The molecule has 1 N–H and O–H groups in total. The molecule has 0 atom stereocenters. The standard InChI is InChI=1S/C13H19NO3/c1-8(2)11-6-5-10(7-12(15)16)13(17)14(11)9(3)4/h5-6,8-9H,7H2,1-4H3,(H,15,16). The SMILES string of the molecule is CC(C)c1ccc(CC(=O)O)c(=O)n1C(C)C. The first-order chi connectivity index (χ1) is 7.84. The van der Waals surface area contributed by atoms with E-state index in [2.05, 4.69) is 0 Å². The topological polar surface area (TPSA) is 59.3 Å². The van der Waals surface area contributed by atoms with Gasteiger partial charge in [0.1, 0.15) is 0 Å². The van der Waals surface area contributed by atoms with Crippen molar-refractivity contribution >= 4 is 5.97 Å². The molecule has 0 radical (unpaired) electrons. The molecule has 0 aliphatic heterocycles. The Morgan fingerprint density at radius 2 is 1.88 bits per heavy atom. The molecule has 0 aromatic carbocycles. The van der Waals surface area contributed by atoms with Crippen molar-refractivity contribution in [2.24, 2.45) is 0 Å². The summed E-state index contributed by atoms with van der Waals surface area (Å²) in [5, 5.41) is 8.75. The van der Waals surface area contributed by atoms with Gasteiger partial charge >= 0.3 is 5.97 Å². The van der Waals surface area contributed by atoms with E-state index < -0.39 is 5.97 Å². The van der Waals surface area contributed by atoms with Gasteiger partial charge in [-0.1, -0.05) is 19.9 Å². The lowest BCUT2D eigenvalue weighted by Gasteiger charge is -2.19. The summed E-state index contributed by atoms with van der Waals surface area (Å²) in [6, 6.07) is 3.52. The number of carbonyl (C=O) groups is 1. The number of carboxylic acids is 1. The minimum absolute atomic E-state index is 0.0358. The average molecular weight is 237 g/mol. The third-order valence-electron chi connectivity index (χ3n) is 2.68. The molecular formula is C13H19NO3. The van der Waals surface area contributed by atoms with E-state index in [1.54, 1.807) is 10.6 Å². The largest absolute Gasteiger partial charge is 0.481 e. The number of aliphatic carboxylic acids is 1. The summed E-state index contributed by atoms with van der Waals surface area (Å²) in [4.78, 5) is 22.8. The van der Waals surface area contributed by atoms with Crippen LogP contribution < -0.4 is 5.56 Å². The van der Waals surface area contributed by atoms with E-state index in [0.29, 0.717) is 5.56 Å². The Kier molecular flexibility index (Phi) is 4.10. The van der Waals surface area contributed by atoms with Gasteiger partial charge in [0, 0.05) is 17.3 Å². The maximum atomic E-state index is 12.2. The molecule has 0 saturated heterocycles. The van der Waals surface area contributed by atoms with Crippen molar-refractivity contribution in [3.63, 3.8) is 0 Å². The first kappa shape index (κ1) is 13.5. The van der Waals surface area contributed by atoms with Crippen LogP contribution in [0.2, 0.25) is 0 Å². The molecular weight excluding hydrogens is 218 g/mol. The van der Waals surface area contributed by atoms with E-state index in [-0.39, 0.29) is 23.9 Å². The van der Waals surface area contributed by atoms with Crippen molar-refractivity contribution < 1.29 is 9.90 Å². The van der Waals surface area contributed by atoms with E-state index in [1.807, 2.05) is 33.8 Å². The van der Waals surface area contributed by atoms with Crippen LogP contribution in [0.4, 0.5) is 0 Å². The summed E-state index contributed by atoms with van der Waals surface area (Å²) in [5.74, 6) is -0.737. The van der Waals surface area contributed by atoms with Gasteiger partial charge in [0.15, 0.2) is 0 Å². The lowest BCUT2D eigenvalue weighted by molar-refractivity contribution is -0.136. The molecule has 0 bridgehead atoms. The van der Waals surface area contributed by atoms with E-state index in [0.717, 1.165) is 5.69 Å². The average Bonchev–Trinajstić information content (AvgIpc) is 2.19. The van der Waals surface area contributed by atoms with Crippen molar-refractivity contribution in [2.45, 2.75) is 46.1 Å². The molecule has 1 heterocycles. The Hall–Kier alpha value is -1.58. The molecule has 0 aliphatic rings. The minimum atomic E-state index is -0.977. The van der Waals surface area contributed by atoms with Crippen molar-refractivity contribution in [3.05, 3.63) is 33.7 Å². The Balaban J connectivity index is 3.39. The zero-order chi connectivity index (χ0) is 13.2. The van der Waals surface area contributed by atoms with Crippen LogP contribution in [0.25, 0.3) is 0 Å². The molecule has 94 valence electrons. The van der Waals surface area contributed by atoms with Gasteiger partial charge in [0.05, 0.1) is 6.42 Å². The zero-order valence-electron chi connectivity index (χ0n) is 10.7. The zero-order valence-corrected chi connectivity index (χ0v) is 10.7. The Morgan fingerprint density at radius 1 is 1.29 bits per heavy atom. The van der Waals surface area contributed by atoms with E-state index in [1.165, 1.54) is 0 Å². The highest BCUT2D eigenvalue weighted by Crippen LogP contribution is 2.17. The molecule has 0 aliphatic carbocycles. The molecule has 0 saturated carbocycles. The van der Waals surface area contributed by atoms with E-state index in [4.69, 9.17) is 5.11 Å². The van der Waals surface area contributed by atoms with Gasteiger partial charge in [-0.05, 0) is 25.8 Å². The highest BCUT2D eigenvalue weighted by Gasteiger charge is 2.15. The van der Waals surface area contributed by atoms with Crippen molar-refractivity contribution in [1.82, 2.24) is 4.57 Å². The highest BCUT2D eigenvalue weighted by molar-refractivity contribution is 5.70. The lowest BCUT2D eigenvalue weighted by atomic mass is 10.1. The second-order valence-corrected chi connectivity index (χ2v) is 4.78. The van der Waals surface area contributed by atoms with Gasteiger partial charge in [0.25, 0.3) is 5.56 Å². The van der Waals surface area contributed by atoms with Crippen LogP contribution in [0.3, 0.4) is 0 Å². The van der Waals surface area contributed by atoms with Crippen molar-refractivity contribution in [3.8, 4) is 0 Å². The number of pyridine rings is 1. The second kappa shape index (κ2) is 5.17. The van der Waals surface area contributed by atoms with Gasteiger partial charge in [-0.2, -0.15) is 0 Å². The number of hydrogen-bond donors (Lipinski definition) is 1. The van der Waals surface area contributed by atoms with Crippen molar-refractivity contribution in [2.75, 3.05) is 0 Å².